The lowest BCUT2D eigenvalue weighted by Crippen LogP contribution is -2.38. The van der Waals surface area contributed by atoms with Crippen LogP contribution in [-0.4, -0.2) is 42.5 Å². The summed E-state index contributed by atoms with van der Waals surface area (Å²) in [5, 5.41) is 10.7. The molecule has 1 amide bonds. The molecule has 0 bridgehead atoms. The van der Waals surface area contributed by atoms with Gasteiger partial charge in [-0.2, -0.15) is 0 Å². The van der Waals surface area contributed by atoms with Gasteiger partial charge < -0.3 is 20.9 Å². The molecule has 0 fully saturated rings. The molecule has 0 unspecified atom stereocenters. The van der Waals surface area contributed by atoms with Gasteiger partial charge in [0.15, 0.2) is 5.96 Å². The van der Waals surface area contributed by atoms with Crippen molar-refractivity contribution in [3.63, 3.8) is 0 Å². The Bertz CT molecular complexity index is 705. The van der Waals surface area contributed by atoms with E-state index < -0.39 is 0 Å². The molecule has 2 aromatic rings. The predicted octanol–water partition coefficient (Wildman–Crippen LogP) is 2.18. The number of rotatable bonds is 8. The van der Waals surface area contributed by atoms with Crippen molar-refractivity contribution in [3.05, 3.63) is 36.0 Å². The van der Waals surface area contributed by atoms with Crippen LogP contribution in [0.25, 0.3) is 10.9 Å². The van der Waals surface area contributed by atoms with Gasteiger partial charge in [0, 0.05) is 42.7 Å². The maximum atomic E-state index is 11.7. The Balaban J connectivity index is 1.82. The number of para-hydroxylation sites is 1. The number of H-pyrrole nitrogens is 1. The molecule has 0 aliphatic rings. The minimum Gasteiger partial charge on any atom is -0.361 e. The Morgan fingerprint density at radius 2 is 2.04 bits per heavy atom. The zero-order valence-corrected chi connectivity index (χ0v) is 15.4. The van der Waals surface area contributed by atoms with Gasteiger partial charge in [0.2, 0.25) is 5.91 Å². The van der Waals surface area contributed by atoms with E-state index in [1.54, 1.807) is 0 Å². The van der Waals surface area contributed by atoms with Crippen LogP contribution in [0.3, 0.4) is 0 Å². The van der Waals surface area contributed by atoms with Gasteiger partial charge in [-0.05, 0) is 38.8 Å². The number of fused-ring (bicyclic) bond motifs is 1. The predicted molar refractivity (Wildman–Crippen MR) is 104 cm³/mol. The van der Waals surface area contributed by atoms with Crippen LogP contribution in [0.1, 0.15) is 32.8 Å². The number of amides is 1. The second-order valence-electron chi connectivity index (χ2n) is 6.27. The van der Waals surface area contributed by atoms with Crippen LogP contribution >= 0.6 is 0 Å². The number of aromatic nitrogens is 1. The highest BCUT2D eigenvalue weighted by atomic mass is 16.1. The first-order valence-corrected chi connectivity index (χ1v) is 8.96. The number of nitrogens with one attached hydrogen (secondary N) is 4. The molecule has 136 valence electrons. The van der Waals surface area contributed by atoms with E-state index in [0.29, 0.717) is 13.0 Å². The Morgan fingerprint density at radius 3 is 2.80 bits per heavy atom. The van der Waals surface area contributed by atoms with E-state index >= 15 is 0 Å². The molecule has 2 rings (SSSR count). The van der Waals surface area contributed by atoms with Crippen molar-refractivity contribution in [2.75, 3.05) is 19.6 Å². The molecule has 6 nitrogen and oxygen atoms in total. The number of carbonyl (C=O) groups is 1. The lowest BCUT2D eigenvalue weighted by molar-refractivity contribution is -0.121. The summed E-state index contributed by atoms with van der Waals surface area (Å²) in [5.41, 5.74) is 2.45. The Labute approximate surface area is 149 Å². The van der Waals surface area contributed by atoms with Gasteiger partial charge in [-0.1, -0.05) is 18.2 Å². The molecule has 1 aromatic heterocycles. The number of hydrogen-bond acceptors (Lipinski definition) is 2. The first-order valence-electron chi connectivity index (χ1n) is 8.96. The fourth-order valence-corrected chi connectivity index (χ4v) is 2.66. The largest absolute Gasteiger partial charge is 0.361 e. The van der Waals surface area contributed by atoms with Crippen LogP contribution < -0.4 is 16.0 Å². The van der Waals surface area contributed by atoms with Crippen LogP contribution in [0, 0.1) is 0 Å². The number of hydrogen-bond donors (Lipinski definition) is 4. The Hall–Kier alpha value is -2.50. The summed E-state index contributed by atoms with van der Waals surface area (Å²) in [5.74, 6) is 0.785. The molecule has 0 spiro atoms. The van der Waals surface area contributed by atoms with Gasteiger partial charge in [0.25, 0.3) is 0 Å². The van der Waals surface area contributed by atoms with Crippen LogP contribution in [0.2, 0.25) is 0 Å². The number of carbonyl (C=O) groups excluding carboxylic acids is 1. The van der Waals surface area contributed by atoms with E-state index in [4.69, 9.17) is 0 Å². The number of aliphatic imine (C=N–C) groups is 1. The molecule has 0 atom stereocenters. The Morgan fingerprint density at radius 1 is 1.24 bits per heavy atom. The van der Waals surface area contributed by atoms with Gasteiger partial charge in [0.05, 0.1) is 6.54 Å². The van der Waals surface area contributed by atoms with Gasteiger partial charge in [0.1, 0.15) is 0 Å². The molecule has 1 heterocycles. The average molecular weight is 343 g/mol. The third-order valence-corrected chi connectivity index (χ3v) is 3.76. The maximum absolute atomic E-state index is 11.7. The van der Waals surface area contributed by atoms with Crippen molar-refractivity contribution in [2.24, 2.45) is 4.99 Å². The second kappa shape index (κ2) is 9.71. The quantitative estimate of drug-likeness (QED) is 0.438. The molecule has 0 radical (unpaired) electrons. The topological polar surface area (TPSA) is 81.3 Å². The average Bonchev–Trinajstić information content (AvgIpc) is 2.97. The SMILES string of the molecule is CCNC(=NCCC(=O)NC(C)C)NCCc1c[nH]c2ccccc12. The Kier molecular flexibility index (Phi) is 7.32. The van der Waals surface area contributed by atoms with Crippen molar-refractivity contribution in [1.82, 2.24) is 20.9 Å². The van der Waals surface area contributed by atoms with Gasteiger partial charge in [-0.15, -0.1) is 0 Å². The first-order chi connectivity index (χ1) is 12.1. The minimum absolute atomic E-state index is 0.0355. The summed E-state index contributed by atoms with van der Waals surface area (Å²) in [6, 6.07) is 8.47. The highest BCUT2D eigenvalue weighted by Crippen LogP contribution is 2.17. The summed E-state index contributed by atoms with van der Waals surface area (Å²) in [6.07, 6.45) is 3.37. The van der Waals surface area contributed by atoms with E-state index in [2.05, 4.69) is 50.3 Å². The molecule has 0 aliphatic heterocycles. The number of aromatic amines is 1. The van der Waals surface area contributed by atoms with Gasteiger partial charge in [-0.3, -0.25) is 9.79 Å². The van der Waals surface area contributed by atoms with Crippen molar-refractivity contribution >= 4 is 22.8 Å². The number of nitrogens with zero attached hydrogens (tertiary/aromatic N) is 1. The fourth-order valence-electron chi connectivity index (χ4n) is 2.66. The first kappa shape index (κ1) is 18.8. The monoisotopic (exact) mass is 343 g/mol. The molecular formula is C19H29N5O. The van der Waals surface area contributed by atoms with Crippen LogP contribution in [0.5, 0.6) is 0 Å². The summed E-state index contributed by atoms with van der Waals surface area (Å²) < 4.78 is 0. The van der Waals surface area contributed by atoms with Crippen LogP contribution in [0.15, 0.2) is 35.5 Å². The normalized spacial score (nSPS) is 11.8. The second-order valence-corrected chi connectivity index (χ2v) is 6.27. The lowest BCUT2D eigenvalue weighted by atomic mass is 10.1. The van der Waals surface area contributed by atoms with E-state index in [0.717, 1.165) is 31.0 Å². The number of benzene rings is 1. The van der Waals surface area contributed by atoms with Crippen molar-refractivity contribution in [1.29, 1.82) is 0 Å². The van der Waals surface area contributed by atoms with E-state index in [-0.39, 0.29) is 11.9 Å². The van der Waals surface area contributed by atoms with Crippen molar-refractivity contribution in [3.8, 4) is 0 Å². The molecule has 25 heavy (non-hydrogen) atoms. The number of guanidine groups is 1. The lowest BCUT2D eigenvalue weighted by Gasteiger charge is -2.11. The summed E-state index contributed by atoms with van der Waals surface area (Å²) in [6.45, 7) is 7.99. The molecule has 6 heteroatoms. The third kappa shape index (κ3) is 6.14. The summed E-state index contributed by atoms with van der Waals surface area (Å²) in [7, 11) is 0. The highest BCUT2D eigenvalue weighted by Gasteiger charge is 2.05. The zero-order chi connectivity index (χ0) is 18.1. The maximum Gasteiger partial charge on any atom is 0.222 e. The molecule has 0 aliphatic carbocycles. The van der Waals surface area contributed by atoms with Crippen molar-refractivity contribution in [2.45, 2.75) is 39.7 Å². The molecular weight excluding hydrogens is 314 g/mol. The third-order valence-electron chi connectivity index (χ3n) is 3.76. The fraction of sp³-hybridized carbons (Fsp3) is 0.474. The van der Waals surface area contributed by atoms with Gasteiger partial charge >= 0.3 is 0 Å². The van der Waals surface area contributed by atoms with Crippen LogP contribution in [-0.2, 0) is 11.2 Å². The van der Waals surface area contributed by atoms with E-state index in [9.17, 15) is 4.79 Å². The molecule has 1 aromatic carbocycles. The van der Waals surface area contributed by atoms with Crippen LogP contribution in [0.4, 0.5) is 0 Å². The minimum atomic E-state index is 0.0355. The smallest absolute Gasteiger partial charge is 0.222 e. The highest BCUT2D eigenvalue weighted by molar-refractivity contribution is 5.83. The molecule has 4 N–H and O–H groups in total. The van der Waals surface area contributed by atoms with Gasteiger partial charge in [-0.25, -0.2) is 0 Å². The zero-order valence-electron chi connectivity index (χ0n) is 15.4. The molecule has 0 saturated heterocycles. The van der Waals surface area contributed by atoms with E-state index in [1.807, 2.05) is 26.8 Å². The summed E-state index contributed by atoms with van der Waals surface area (Å²) in [4.78, 5) is 19.4. The van der Waals surface area contributed by atoms with E-state index in [1.165, 1.54) is 10.9 Å². The summed E-state index contributed by atoms with van der Waals surface area (Å²) >= 11 is 0. The van der Waals surface area contributed by atoms with Crippen molar-refractivity contribution < 1.29 is 4.79 Å². The molecule has 0 saturated carbocycles. The standard InChI is InChI=1S/C19H29N5O/c1-4-20-19(22-12-10-18(25)24-14(2)3)21-11-9-15-13-23-17-8-6-5-7-16(15)17/h5-8,13-14,23H,4,9-12H2,1-3H3,(H,24,25)(H2,20,21,22).